The van der Waals surface area contributed by atoms with Crippen LogP contribution in [0.4, 0.5) is 13.2 Å². The zero-order chi connectivity index (χ0) is 15.5. The molecule has 0 radical (unpaired) electrons. The quantitative estimate of drug-likeness (QED) is 0.849. The molecule has 21 heavy (non-hydrogen) atoms. The number of rotatable bonds is 4. The van der Waals surface area contributed by atoms with Gasteiger partial charge in [-0.2, -0.15) is 13.2 Å². The summed E-state index contributed by atoms with van der Waals surface area (Å²) in [5, 5.41) is 10.2. The number of hydrogen-bond donors (Lipinski definition) is 1. The second-order valence-electron chi connectivity index (χ2n) is 4.29. The highest BCUT2D eigenvalue weighted by atomic mass is 32.2. The maximum absolute atomic E-state index is 12.2. The van der Waals surface area contributed by atoms with Crippen LogP contribution in [-0.2, 0) is 0 Å². The van der Waals surface area contributed by atoms with Gasteiger partial charge in [0.15, 0.2) is 0 Å². The third kappa shape index (κ3) is 4.41. The molecule has 0 amide bonds. The Labute approximate surface area is 124 Å². The van der Waals surface area contributed by atoms with Crippen molar-refractivity contribution in [2.24, 2.45) is 0 Å². The van der Waals surface area contributed by atoms with E-state index in [9.17, 15) is 18.3 Å². The van der Waals surface area contributed by atoms with Gasteiger partial charge in [0.1, 0.15) is 11.9 Å². The van der Waals surface area contributed by atoms with Crippen LogP contribution in [0.25, 0.3) is 0 Å². The molecule has 2 aromatic rings. The van der Waals surface area contributed by atoms with Crippen LogP contribution in [0.15, 0.2) is 53.4 Å². The topological polar surface area (TPSA) is 29.5 Å². The maximum atomic E-state index is 12.2. The summed E-state index contributed by atoms with van der Waals surface area (Å²) < 4.78 is 41.7. The molecule has 0 fully saturated rings. The number of halogens is 3. The van der Waals surface area contributed by atoms with E-state index in [0.29, 0.717) is 16.9 Å². The Morgan fingerprint density at radius 2 is 1.43 bits per heavy atom. The highest BCUT2D eigenvalue weighted by Crippen LogP contribution is 2.37. The Hall–Kier alpha value is -1.66. The molecule has 0 bridgehead atoms. The summed E-state index contributed by atoms with van der Waals surface area (Å²) in [5.74, 6) is 0.669. The molecule has 2 rings (SSSR count). The Morgan fingerprint density at radius 3 is 1.86 bits per heavy atom. The van der Waals surface area contributed by atoms with Gasteiger partial charge < -0.3 is 9.84 Å². The molecule has 0 aromatic heterocycles. The van der Waals surface area contributed by atoms with Crippen molar-refractivity contribution in [1.82, 2.24) is 0 Å². The minimum Gasteiger partial charge on any atom is -0.497 e. The largest absolute Gasteiger partial charge is 0.497 e. The first-order chi connectivity index (χ1) is 9.89. The van der Waals surface area contributed by atoms with Crippen LogP contribution in [0.3, 0.4) is 0 Å². The third-order valence-electron chi connectivity index (χ3n) is 2.86. The number of benzene rings is 2. The minimum absolute atomic E-state index is 0.0909. The van der Waals surface area contributed by atoms with Crippen LogP contribution >= 0.6 is 11.8 Å². The molecule has 2 aromatic carbocycles. The molecule has 0 aliphatic rings. The number of hydrogen-bond acceptors (Lipinski definition) is 3. The lowest BCUT2D eigenvalue weighted by Gasteiger charge is -2.13. The zero-order valence-corrected chi connectivity index (χ0v) is 11.9. The molecule has 1 atom stereocenters. The number of aliphatic hydroxyl groups is 1. The number of alkyl halides is 3. The van der Waals surface area contributed by atoms with Crippen LogP contribution in [0, 0.1) is 0 Å². The lowest BCUT2D eigenvalue weighted by atomic mass is 10.0. The smallest absolute Gasteiger partial charge is 0.446 e. The van der Waals surface area contributed by atoms with Crippen molar-refractivity contribution >= 4 is 11.8 Å². The predicted octanol–water partition coefficient (Wildman–Crippen LogP) is 4.39. The third-order valence-corrected chi connectivity index (χ3v) is 3.60. The molecule has 0 spiro atoms. The molecule has 1 unspecified atom stereocenters. The Morgan fingerprint density at radius 1 is 0.952 bits per heavy atom. The van der Waals surface area contributed by atoms with Gasteiger partial charge in [-0.1, -0.05) is 24.3 Å². The number of aliphatic hydroxyl groups excluding tert-OH is 1. The van der Waals surface area contributed by atoms with E-state index < -0.39 is 11.6 Å². The Bertz CT molecular complexity index is 579. The van der Waals surface area contributed by atoms with Gasteiger partial charge in [-0.15, -0.1) is 0 Å². The van der Waals surface area contributed by atoms with Gasteiger partial charge in [0.2, 0.25) is 0 Å². The summed E-state index contributed by atoms with van der Waals surface area (Å²) in [6.07, 6.45) is -0.888. The molecule has 0 saturated heterocycles. The fourth-order valence-corrected chi connectivity index (χ4v) is 2.37. The van der Waals surface area contributed by atoms with E-state index in [2.05, 4.69) is 0 Å². The summed E-state index contributed by atoms with van der Waals surface area (Å²) in [6, 6.07) is 12.5. The number of methoxy groups -OCH3 is 1. The summed E-state index contributed by atoms with van der Waals surface area (Å²) in [6.45, 7) is 0. The minimum atomic E-state index is -4.31. The van der Waals surface area contributed by atoms with E-state index in [1.54, 1.807) is 31.4 Å². The maximum Gasteiger partial charge on any atom is 0.446 e. The zero-order valence-electron chi connectivity index (χ0n) is 11.1. The second kappa shape index (κ2) is 6.41. The first-order valence-electron chi connectivity index (χ1n) is 6.07. The van der Waals surface area contributed by atoms with Crippen LogP contribution in [0.1, 0.15) is 17.2 Å². The SMILES string of the molecule is COc1ccc(C(O)c2ccc(SC(F)(F)F)cc2)cc1. The normalized spacial score (nSPS) is 13.0. The van der Waals surface area contributed by atoms with Crippen molar-refractivity contribution in [3.63, 3.8) is 0 Å². The van der Waals surface area contributed by atoms with Crippen LogP contribution in [-0.4, -0.2) is 17.7 Å². The van der Waals surface area contributed by atoms with Crippen molar-refractivity contribution < 1.29 is 23.0 Å². The molecule has 0 aliphatic carbocycles. The van der Waals surface area contributed by atoms with Gasteiger partial charge >= 0.3 is 5.51 Å². The van der Waals surface area contributed by atoms with Gasteiger partial charge in [0, 0.05) is 4.90 Å². The molecular weight excluding hydrogens is 301 g/mol. The lowest BCUT2D eigenvalue weighted by molar-refractivity contribution is -0.0328. The Balaban J connectivity index is 2.13. The number of thioether (sulfide) groups is 1. The summed E-state index contributed by atoms with van der Waals surface area (Å²) in [7, 11) is 1.54. The van der Waals surface area contributed by atoms with Crippen molar-refractivity contribution in [3.8, 4) is 5.75 Å². The monoisotopic (exact) mass is 314 g/mol. The van der Waals surface area contributed by atoms with Gasteiger partial charge in [-0.3, -0.25) is 0 Å². The lowest BCUT2D eigenvalue weighted by Crippen LogP contribution is -2.01. The van der Waals surface area contributed by atoms with Gasteiger partial charge in [0.25, 0.3) is 0 Å². The molecule has 1 N–H and O–H groups in total. The molecule has 2 nitrogen and oxygen atoms in total. The second-order valence-corrected chi connectivity index (χ2v) is 5.43. The molecule has 0 aliphatic heterocycles. The first-order valence-corrected chi connectivity index (χ1v) is 6.88. The van der Waals surface area contributed by atoms with Crippen molar-refractivity contribution in [2.45, 2.75) is 16.5 Å². The average molecular weight is 314 g/mol. The molecule has 112 valence electrons. The van der Waals surface area contributed by atoms with E-state index in [0.717, 1.165) is 0 Å². The highest BCUT2D eigenvalue weighted by molar-refractivity contribution is 8.00. The summed E-state index contributed by atoms with van der Waals surface area (Å²) in [4.78, 5) is 0.0909. The molecule has 0 heterocycles. The first kappa shape index (κ1) is 15.7. The van der Waals surface area contributed by atoms with E-state index in [1.807, 2.05) is 0 Å². The molecule has 6 heteroatoms. The van der Waals surface area contributed by atoms with Crippen molar-refractivity contribution in [3.05, 3.63) is 59.7 Å². The highest BCUT2D eigenvalue weighted by Gasteiger charge is 2.29. The fourth-order valence-electron chi connectivity index (χ4n) is 1.83. The van der Waals surface area contributed by atoms with E-state index >= 15 is 0 Å². The summed E-state index contributed by atoms with van der Waals surface area (Å²) >= 11 is -0.176. The number of ether oxygens (including phenoxy) is 1. The van der Waals surface area contributed by atoms with Crippen LogP contribution in [0.2, 0.25) is 0 Å². The van der Waals surface area contributed by atoms with Crippen molar-refractivity contribution in [2.75, 3.05) is 7.11 Å². The van der Waals surface area contributed by atoms with Crippen LogP contribution < -0.4 is 4.74 Å². The Kier molecular flexibility index (Phi) is 4.80. The van der Waals surface area contributed by atoms with Crippen LogP contribution in [0.5, 0.6) is 5.75 Å². The average Bonchev–Trinajstić information content (AvgIpc) is 2.46. The van der Waals surface area contributed by atoms with Gasteiger partial charge in [-0.25, -0.2) is 0 Å². The molecular formula is C15H13F3O2S. The standard InChI is InChI=1S/C15H13F3O2S/c1-20-12-6-2-10(3-7-12)14(19)11-4-8-13(9-5-11)21-15(16,17)18/h2-9,14,19H,1H3. The van der Waals surface area contributed by atoms with Gasteiger partial charge in [-0.05, 0) is 47.2 Å². The fraction of sp³-hybridized carbons (Fsp3) is 0.200. The van der Waals surface area contributed by atoms with Gasteiger partial charge in [0.05, 0.1) is 7.11 Å². The summed E-state index contributed by atoms with van der Waals surface area (Å²) in [5.41, 5.74) is -3.13. The van der Waals surface area contributed by atoms with E-state index in [-0.39, 0.29) is 16.7 Å². The van der Waals surface area contributed by atoms with Crippen molar-refractivity contribution in [1.29, 1.82) is 0 Å². The predicted molar refractivity (Wildman–Crippen MR) is 75.4 cm³/mol. The van der Waals surface area contributed by atoms with E-state index in [4.69, 9.17) is 4.74 Å². The van der Waals surface area contributed by atoms with E-state index in [1.165, 1.54) is 24.3 Å². The molecule has 0 saturated carbocycles.